The van der Waals surface area contributed by atoms with Crippen molar-refractivity contribution in [2.24, 2.45) is 0 Å². The summed E-state index contributed by atoms with van der Waals surface area (Å²) in [4.78, 5) is 2.16. The highest BCUT2D eigenvalue weighted by Crippen LogP contribution is 2.40. The van der Waals surface area contributed by atoms with Crippen LogP contribution in [0.25, 0.3) is 0 Å². The Hall–Kier alpha value is -1.29. The Morgan fingerprint density at radius 3 is 2.60 bits per heavy atom. The molecule has 0 radical (unpaired) electrons. The molecule has 5 rings (SSSR count). The quantitative estimate of drug-likeness (QED) is 0.760. The van der Waals surface area contributed by atoms with Crippen LogP contribution < -0.4 is 9.46 Å². The molecule has 2 atom stereocenters. The molecule has 30 heavy (non-hydrogen) atoms. The van der Waals surface area contributed by atoms with E-state index < -0.39 is 21.7 Å². The second kappa shape index (κ2) is 9.06. The first kappa shape index (κ1) is 21.9. The zero-order valence-electron chi connectivity index (χ0n) is 17.3. The van der Waals surface area contributed by atoms with Crippen LogP contribution in [0.2, 0.25) is 0 Å². The van der Waals surface area contributed by atoms with Crippen molar-refractivity contribution in [1.82, 2.24) is 9.62 Å². The molecule has 3 aliphatic heterocycles. The van der Waals surface area contributed by atoms with Crippen molar-refractivity contribution in [1.29, 1.82) is 0 Å². The molecule has 1 saturated carbocycles. The van der Waals surface area contributed by atoms with Gasteiger partial charge in [0, 0.05) is 30.3 Å². The van der Waals surface area contributed by atoms with E-state index in [0.29, 0.717) is 18.7 Å². The van der Waals surface area contributed by atoms with Crippen molar-refractivity contribution in [3.8, 4) is 5.75 Å². The highest BCUT2D eigenvalue weighted by atomic mass is 32.2. The Balaban J connectivity index is 1.60. The van der Waals surface area contributed by atoms with Gasteiger partial charge < -0.3 is 9.47 Å². The van der Waals surface area contributed by atoms with Crippen LogP contribution in [-0.2, 0) is 14.8 Å². The second-order valence-corrected chi connectivity index (χ2v) is 10.5. The number of nitrogens with one attached hydrogen (secondary N) is 1. The second-order valence-electron chi connectivity index (χ2n) is 8.70. The number of hydrogen-bond donors (Lipinski definition) is 1. The molecule has 1 saturated heterocycles. The largest absolute Gasteiger partial charge is 0.489 e. The zero-order chi connectivity index (χ0) is 21.3. The molecule has 2 fully saturated rings. The first-order valence-corrected chi connectivity index (χ1v) is 12.6. The van der Waals surface area contributed by atoms with Gasteiger partial charge in [-0.25, -0.2) is 21.9 Å². The van der Waals surface area contributed by atoms with Crippen LogP contribution in [0.5, 0.6) is 5.75 Å². The van der Waals surface area contributed by atoms with E-state index in [-0.39, 0.29) is 36.5 Å². The summed E-state index contributed by atoms with van der Waals surface area (Å²) in [6.45, 7) is 2.00. The molecule has 0 spiro atoms. The van der Waals surface area contributed by atoms with Crippen LogP contribution >= 0.6 is 0 Å². The highest BCUT2D eigenvalue weighted by molar-refractivity contribution is 7.88. The summed E-state index contributed by atoms with van der Waals surface area (Å²) in [7, 11) is -3.34. The van der Waals surface area contributed by atoms with Gasteiger partial charge in [0.05, 0.1) is 19.0 Å². The lowest BCUT2D eigenvalue weighted by atomic mass is 9.82. The van der Waals surface area contributed by atoms with Gasteiger partial charge in [-0.3, -0.25) is 4.90 Å². The smallest absolute Gasteiger partial charge is 0.209 e. The standard InChI is InChI=1S/C21H30F2N2O4S/c1-30(26,27)24-19-3-2-8-25-9-10-28-21-17(11-15(22)12-18(21)23)14-4-6-16(7-5-14)29-13-20(19)25/h11-12,14,16,19-20,24H,2-10,13H2,1H3/t14?,16?,19?,20-/m0/s1. The Morgan fingerprint density at radius 2 is 1.87 bits per heavy atom. The van der Waals surface area contributed by atoms with E-state index in [1.54, 1.807) is 0 Å². The van der Waals surface area contributed by atoms with Gasteiger partial charge >= 0.3 is 0 Å². The summed E-state index contributed by atoms with van der Waals surface area (Å²) < 4.78 is 67.1. The molecule has 1 aromatic rings. The lowest BCUT2D eigenvalue weighted by molar-refractivity contribution is -0.0284. The van der Waals surface area contributed by atoms with Crippen molar-refractivity contribution in [3.63, 3.8) is 0 Å². The van der Waals surface area contributed by atoms with E-state index in [1.807, 2.05) is 0 Å². The number of sulfonamides is 1. The minimum absolute atomic E-state index is 0.0491. The van der Waals surface area contributed by atoms with Gasteiger partial charge in [0.2, 0.25) is 10.0 Å². The lowest BCUT2D eigenvalue weighted by Crippen LogP contribution is -2.58. The molecule has 1 aromatic carbocycles. The molecule has 6 nitrogen and oxygen atoms in total. The van der Waals surface area contributed by atoms with Gasteiger partial charge in [0.25, 0.3) is 0 Å². The number of hydrogen-bond acceptors (Lipinski definition) is 5. The zero-order valence-corrected chi connectivity index (χ0v) is 18.1. The number of nitrogens with zero attached hydrogens (tertiary/aromatic N) is 1. The van der Waals surface area contributed by atoms with E-state index in [0.717, 1.165) is 51.1 Å². The Bertz CT molecular complexity index is 859. The topological polar surface area (TPSA) is 67.9 Å². The fourth-order valence-electron chi connectivity index (χ4n) is 5.11. The summed E-state index contributed by atoms with van der Waals surface area (Å²) in [5.41, 5.74) is 0.608. The van der Waals surface area contributed by atoms with E-state index in [1.165, 1.54) is 12.3 Å². The van der Waals surface area contributed by atoms with E-state index in [9.17, 15) is 17.2 Å². The van der Waals surface area contributed by atoms with Crippen LogP contribution in [0.1, 0.15) is 50.0 Å². The van der Waals surface area contributed by atoms with Crippen LogP contribution in [0.4, 0.5) is 8.78 Å². The molecular formula is C21H30F2N2O4S. The third kappa shape index (κ3) is 5.12. The molecule has 3 heterocycles. The maximum absolute atomic E-state index is 14.6. The molecular weight excluding hydrogens is 414 g/mol. The normalized spacial score (nSPS) is 30.9. The number of benzene rings is 1. The average molecular weight is 445 g/mol. The fourth-order valence-corrected chi connectivity index (χ4v) is 5.94. The third-order valence-electron chi connectivity index (χ3n) is 6.54. The summed E-state index contributed by atoms with van der Waals surface area (Å²) >= 11 is 0. The van der Waals surface area contributed by atoms with Crippen molar-refractivity contribution in [2.75, 3.05) is 32.6 Å². The Labute approximate surface area is 177 Å². The predicted molar refractivity (Wildman–Crippen MR) is 109 cm³/mol. The molecule has 9 heteroatoms. The molecule has 0 amide bonds. The SMILES string of the molecule is CS(=O)(=O)NC1CCCN2CCOc3c(F)cc(F)cc3C3CCC(CC3)OC[C@@H]12. The number of halogens is 2. The summed E-state index contributed by atoms with van der Waals surface area (Å²) in [6, 6.07) is 1.95. The van der Waals surface area contributed by atoms with E-state index >= 15 is 0 Å². The van der Waals surface area contributed by atoms with Gasteiger partial charge in [-0.1, -0.05) is 0 Å². The maximum atomic E-state index is 14.6. The van der Waals surface area contributed by atoms with Crippen molar-refractivity contribution in [2.45, 2.75) is 62.6 Å². The molecule has 1 aliphatic carbocycles. The van der Waals surface area contributed by atoms with Crippen LogP contribution in [-0.4, -0.2) is 64.1 Å². The maximum Gasteiger partial charge on any atom is 0.209 e. The summed E-state index contributed by atoms with van der Waals surface area (Å²) in [6.07, 6.45) is 6.03. The Morgan fingerprint density at radius 1 is 1.10 bits per heavy atom. The number of piperidine rings is 1. The molecule has 2 bridgehead atoms. The number of rotatable bonds is 2. The first-order valence-electron chi connectivity index (χ1n) is 10.7. The molecule has 0 aromatic heterocycles. The van der Waals surface area contributed by atoms with Gasteiger partial charge in [0.15, 0.2) is 11.6 Å². The summed E-state index contributed by atoms with van der Waals surface area (Å²) in [5.74, 6) is -1.04. The van der Waals surface area contributed by atoms with Gasteiger partial charge in [-0.05, 0) is 57.1 Å². The fraction of sp³-hybridized carbons (Fsp3) is 0.714. The third-order valence-corrected chi connectivity index (χ3v) is 7.27. The van der Waals surface area contributed by atoms with E-state index in [4.69, 9.17) is 9.47 Å². The van der Waals surface area contributed by atoms with Crippen molar-refractivity contribution >= 4 is 10.0 Å². The molecule has 168 valence electrons. The minimum atomic E-state index is -3.34. The first-order chi connectivity index (χ1) is 14.3. The highest BCUT2D eigenvalue weighted by Gasteiger charge is 2.35. The summed E-state index contributed by atoms with van der Waals surface area (Å²) in [5, 5.41) is 0. The van der Waals surface area contributed by atoms with Gasteiger partial charge in [-0.2, -0.15) is 0 Å². The monoisotopic (exact) mass is 444 g/mol. The van der Waals surface area contributed by atoms with Crippen molar-refractivity contribution < 1.29 is 26.7 Å². The lowest BCUT2D eigenvalue weighted by Gasteiger charge is -2.41. The Kier molecular flexibility index (Phi) is 6.62. The predicted octanol–water partition coefficient (Wildman–Crippen LogP) is 2.78. The molecule has 4 aliphatic rings. The molecule has 1 unspecified atom stereocenters. The van der Waals surface area contributed by atoms with Gasteiger partial charge in [-0.15, -0.1) is 0 Å². The average Bonchev–Trinajstić information content (AvgIpc) is 2.69. The van der Waals surface area contributed by atoms with Crippen LogP contribution in [0.15, 0.2) is 12.1 Å². The van der Waals surface area contributed by atoms with Crippen molar-refractivity contribution in [3.05, 3.63) is 29.3 Å². The van der Waals surface area contributed by atoms with Crippen LogP contribution in [0.3, 0.4) is 0 Å². The minimum Gasteiger partial charge on any atom is -0.489 e. The van der Waals surface area contributed by atoms with Gasteiger partial charge in [0.1, 0.15) is 12.4 Å². The number of fused-ring (bicyclic) bond motifs is 5. The number of ether oxygens (including phenoxy) is 2. The molecule has 1 N–H and O–H groups in total. The van der Waals surface area contributed by atoms with Crippen LogP contribution in [0, 0.1) is 11.6 Å². The van der Waals surface area contributed by atoms with E-state index in [2.05, 4.69) is 9.62 Å².